The molecule has 1 amide bonds. The molecule has 0 aliphatic rings. The summed E-state index contributed by atoms with van der Waals surface area (Å²) in [7, 11) is 2.91. The van der Waals surface area contributed by atoms with Gasteiger partial charge in [-0.2, -0.15) is 13.2 Å². The molecule has 0 unspecified atom stereocenters. The maximum absolute atomic E-state index is 12.6. The number of carbonyl (C=O) groups excluding carboxylic acids is 1. The zero-order valence-corrected chi connectivity index (χ0v) is 9.30. The molecule has 2 nitrogen and oxygen atoms in total. The van der Waals surface area contributed by atoms with Gasteiger partial charge in [0.1, 0.15) is 0 Å². The second-order valence-electron chi connectivity index (χ2n) is 3.64. The van der Waals surface area contributed by atoms with E-state index in [0.717, 1.165) is 12.1 Å². The Labute approximate surface area is 97.0 Å². The molecule has 90 valence electrons. The molecule has 0 saturated carbocycles. The molecule has 0 bridgehead atoms. The molecule has 0 aromatic heterocycles. The predicted octanol–water partition coefficient (Wildman–Crippen LogP) is 2.39. The summed E-state index contributed by atoms with van der Waals surface area (Å²) in [6.45, 7) is 0. The van der Waals surface area contributed by atoms with Crippen LogP contribution in [-0.4, -0.2) is 24.9 Å². The summed E-state index contributed by atoms with van der Waals surface area (Å²) in [4.78, 5) is 12.8. The maximum atomic E-state index is 12.6. The fourth-order valence-corrected chi connectivity index (χ4v) is 1.26. The molecule has 0 saturated heterocycles. The summed E-state index contributed by atoms with van der Waals surface area (Å²) >= 11 is 0. The lowest BCUT2D eigenvalue weighted by atomic mass is 10.0. The van der Waals surface area contributed by atoms with Crippen LogP contribution in [0.15, 0.2) is 18.2 Å². The van der Waals surface area contributed by atoms with Crippen LogP contribution < -0.4 is 0 Å². The van der Waals surface area contributed by atoms with Crippen molar-refractivity contribution in [1.29, 1.82) is 0 Å². The van der Waals surface area contributed by atoms with Crippen LogP contribution in [0.1, 0.15) is 21.5 Å². The van der Waals surface area contributed by atoms with Crippen LogP contribution in [0.25, 0.3) is 0 Å². The first-order valence-electron chi connectivity index (χ1n) is 4.66. The van der Waals surface area contributed by atoms with Crippen LogP contribution in [0.4, 0.5) is 13.2 Å². The van der Waals surface area contributed by atoms with Crippen molar-refractivity contribution in [1.82, 2.24) is 4.90 Å². The molecular formula is C12H10F3NO. The van der Waals surface area contributed by atoms with Gasteiger partial charge in [0.25, 0.3) is 5.91 Å². The molecule has 0 radical (unpaired) electrons. The van der Waals surface area contributed by atoms with Crippen LogP contribution in [0.3, 0.4) is 0 Å². The van der Waals surface area contributed by atoms with Crippen molar-refractivity contribution in [3.8, 4) is 12.3 Å². The number of nitrogens with zero attached hydrogens (tertiary/aromatic N) is 1. The molecule has 0 heterocycles. The van der Waals surface area contributed by atoms with Gasteiger partial charge < -0.3 is 4.90 Å². The Morgan fingerprint density at radius 3 is 2.29 bits per heavy atom. The zero-order chi connectivity index (χ0) is 13.2. The molecule has 0 spiro atoms. The maximum Gasteiger partial charge on any atom is 0.416 e. The van der Waals surface area contributed by atoms with E-state index < -0.39 is 17.6 Å². The fourth-order valence-electron chi connectivity index (χ4n) is 1.26. The third kappa shape index (κ3) is 3.00. The summed E-state index contributed by atoms with van der Waals surface area (Å²) in [5.74, 6) is 1.58. The van der Waals surface area contributed by atoms with Gasteiger partial charge in [0.15, 0.2) is 0 Å². The van der Waals surface area contributed by atoms with Gasteiger partial charge in [-0.3, -0.25) is 4.79 Å². The number of halogens is 3. The third-order valence-electron chi connectivity index (χ3n) is 2.08. The summed E-state index contributed by atoms with van der Waals surface area (Å²) in [6.07, 6.45) is 0.545. The van der Waals surface area contributed by atoms with E-state index in [0.29, 0.717) is 0 Å². The predicted molar refractivity (Wildman–Crippen MR) is 57.4 cm³/mol. The number of alkyl halides is 3. The Bertz CT molecular complexity index is 484. The number of rotatable bonds is 1. The molecule has 0 aliphatic heterocycles. The molecule has 1 aromatic carbocycles. The SMILES string of the molecule is C#Cc1cc(C(=O)N(C)C)cc(C(F)(F)F)c1. The highest BCUT2D eigenvalue weighted by Gasteiger charge is 2.31. The summed E-state index contributed by atoms with van der Waals surface area (Å²) in [6, 6.07) is 2.90. The largest absolute Gasteiger partial charge is 0.416 e. The van der Waals surface area contributed by atoms with Crippen molar-refractivity contribution in [3.63, 3.8) is 0 Å². The first-order valence-corrected chi connectivity index (χ1v) is 4.66. The van der Waals surface area contributed by atoms with Crippen molar-refractivity contribution in [2.45, 2.75) is 6.18 Å². The monoisotopic (exact) mass is 241 g/mol. The highest BCUT2D eigenvalue weighted by atomic mass is 19.4. The first-order chi connectivity index (χ1) is 7.75. The van der Waals surface area contributed by atoms with E-state index in [1.54, 1.807) is 0 Å². The second kappa shape index (κ2) is 4.50. The Hall–Kier alpha value is -1.96. The summed E-state index contributed by atoms with van der Waals surface area (Å²) in [5, 5.41) is 0. The average Bonchev–Trinajstić information content (AvgIpc) is 2.26. The standard InChI is InChI=1S/C12H10F3NO/c1-4-8-5-9(11(17)16(2)3)7-10(6-8)12(13,14)15/h1,5-7H,2-3H3. The van der Waals surface area contributed by atoms with Crippen LogP contribution in [0, 0.1) is 12.3 Å². The zero-order valence-electron chi connectivity index (χ0n) is 9.30. The highest BCUT2D eigenvalue weighted by molar-refractivity contribution is 5.94. The summed E-state index contributed by atoms with van der Waals surface area (Å²) in [5.41, 5.74) is -0.957. The summed E-state index contributed by atoms with van der Waals surface area (Å²) < 4.78 is 37.7. The Morgan fingerprint density at radius 1 is 1.29 bits per heavy atom. The van der Waals surface area contributed by atoms with Gasteiger partial charge in [0.05, 0.1) is 5.56 Å². The Balaban J connectivity index is 3.35. The number of hydrogen-bond donors (Lipinski definition) is 0. The van der Waals surface area contributed by atoms with Crippen molar-refractivity contribution in [3.05, 3.63) is 34.9 Å². The van der Waals surface area contributed by atoms with Gasteiger partial charge in [-0.25, -0.2) is 0 Å². The van der Waals surface area contributed by atoms with Crippen molar-refractivity contribution >= 4 is 5.91 Å². The average molecular weight is 241 g/mol. The molecule has 0 aliphatic carbocycles. The fraction of sp³-hybridized carbons (Fsp3) is 0.250. The Morgan fingerprint density at radius 2 is 1.88 bits per heavy atom. The number of amides is 1. The third-order valence-corrected chi connectivity index (χ3v) is 2.08. The van der Waals surface area contributed by atoms with E-state index in [1.807, 2.05) is 0 Å². The molecular weight excluding hydrogens is 231 g/mol. The number of benzene rings is 1. The molecule has 17 heavy (non-hydrogen) atoms. The minimum absolute atomic E-state index is 0.0324. The van der Waals surface area contributed by atoms with E-state index >= 15 is 0 Å². The smallest absolute Gasteiger partial charge is 0.345 e. The molecule has 5 heteroatoms. The highest BCUT2D eigenvalue weighted by Crippen LogP contribution is 2.30. The number of carbonyl (C=O) groups is 1. The van der Waals surface area contributed by atoms with E-state index in [4.69, 9.17) is 6.42 Å². The second-order valence-corrected chi connectivity index (χ2v) is 3.64. The van der Waals surface area contributed by atoms with Gasteiger partial charge in [-0.05, 0) is 18.2 Å². The normalized spacial score (nSPS) is 10.8. The van der Waals surface area contributed by atoms with E-state index in [1.165, 1.54) is 25.1 Å². The van der Waals surface area contributed by atoms with E-state index in [-0.39, 0.29) is 11.1 Å². The van der Waals surface area contributed by atoms with Crippen molar-refractivity contribution < 1.29 is 18.0 Å². The van der Waals surface area contributed by atoms with Crippen LogP contribution >= 0.6 is 0 Å². The Kier molecular flexibility index (Phi) is 3.47. The lowest BCUT2D eigenvalue weighted by Crippen LogP contribution is -2.22. The van der Waals surface area contributed by atoms with Crippen molar-refractivity contribution in [2.75, 3.05) is 14.1 Å². The molecule has 1 rings (SSSR count). The topological polar surface area (TPSA) is 20.3 Å². The van der Waals surface area contributed by atoms with Gasteiger partial charge in [0, 0.05) is 25.2 Å². The van der Waals surface area contributed by atoms with Crippen LogP contribution in [0.2, 0.25) is 0 Å². The quantitative estimate of drug-likeness (QED) is 0.691. The lowest BCUT2D eigenvalue weighted by molar-refractivity contribution is -0.137. The molecule has 0 atom stereocenters. The van der Waals surface area contributed by atoms with Gasteiger partial charge in [0.2, 0.25) is 0 Å². The first kappa shape index (κ1) is 13.1. The van der Waals surface area contributed by atoms with Crippen LogP contribution in [-0.2, 0) is 6.18 Å². The molecule has 0 fully saturated rings. The van der Waals surface area contributed by atoms with E-state index in [2.05, 4.69) is 5.92 Å². The van der Waals surface area contributed by atoms with Gasteiger partial charge >= 0.3 is 6.18 Å². The van der Waals surface area contributed by atoms with Gasteiger partial charge in [-0.15, -0.1) is 6.42 Å². The minimum Gasteiger partial charge on any atom is -0.345 e. The minimum atomic E-state index is -4.52. The van der Waals surface area contributed by atoms with Gasteiger partial charge in [-0.1, -0.05) is 5.92 Å². The van der Waals surface area contributed by atoms with E-state index in [9.17, 15) is 18.0 Å². The number of hydrogen-bond acceptors (Lipinski definition) is 1. The van der Waals surface area contributed by atoms with Crippen LogP contribution in [0.5, 0.6) is 0 Å². The molecule has 0 N–H and O–H groups in total. The number of terminal acetylenes is 1. The lowest BCUT2D eigenvalue weighted by Gasteiger charge is -2.13. The molecule has 1 aromatic rings. The van der Waals surface area contributed by atoms with Crippen molar-refractivity contribution in [2.24, 2.45) is 0 Å².